The number of para-hydroxylation sites is 1. The van der Waals surface area contributed by atoms with Crippen LogP contribution in [0.15, 0.2) is 134 Å². The van der Waals surface area contributed by atoms with E-state index in [-0.39, 0.29) is 5.41 Å². The van der Waals surface area contributed by atoms with E-state index >= 15 is 0 Å². The van der Waals surface area contributed by atoms with Crippen molar-refractivity contribution in [2.45, 2.75) is 19.3 Å². The summed E-state index contributed by atoms with van der Waals surface area (Å²) in [6, 6.07) is 40.7. The highest BCUT2D eigenvalue weighted by Crippen LogP contribution is 2.56. The lowest BCUT2D eigenvalue weighted by atomic mass is 9.73. The number of rotatable bonds is 3. The molecule has 6 heteroatoms. The smallest absolute Gasteiger partial charge is 0.145 e. The maximum atomic E-state index is 6.68. The Morgan fingerprint density at radius 3 is 2.30 bits per heavy atom. The summed E-state index contributed by atoms with van der Waals surface area (Å²) in [5, 5.41) is 5.96. The number of hydrogen-bond donors (Lipinski definition) is 0. The molecule has 0 bridgehead atoms. The van der Waals surface area contributed by atoms with Gasteiger partial charge >= 0.3 is 0 Å². The molecule has 4 aromatic heterocycles. The highest BCUT2D eigenvalue weighted by molar-refractivity contribution is 7.26. The van der Waals surface area contributed by atoms with Crippen LogP contribution in [-0.2, 0) is 5.41 Å². The number of hydrogen-bond acceptors (Lipinski definition) is 5. The van der Waals surface area contributed by atoms with Gasteiger partial charge in [0.1, 0.15) is 23.0 Å². The van der Waals surface area contributed by atoms with Crippen molar-refractivity contribution in [3.05, 3.63) is 145 Å². The van der Waals surface area contributed by atoms with Crippen LogP contribution in [0.4, 0.5) is 17.2 Å². The molecule has 0 radical (unpaired) electrons. The third-order valence-electron chi connectivity index (χ3n) is 9.74. The van der Waals surface area contributed by atoms with Crippen LogP contribution in [0.5, 0.6) is 11.5 Å². The van der Waals surface area contributed by atoms with E-state index in [1.54, 1.807) is 0 Å². The predicted octanol–water partition coefficient (Wildman–Crippen LogP) is 11.3. The molecule has 0 amide bonds. The number of fused-ring (bicyclic) bond motifs is 12. The fourth-order valence-electron chi connectivity index (χ4n) is 7.53. The third kappa shape index (κ3) is 3.76. The SMILES string of the molecule is CC1(C)c2ccc(Oc3ccc4c5ccccc5n5ccnc5c4c3)cc2N(c2ccccn2)c2c1ccc1c2sc2ccccc21. The van der Waals surface area contributed by atoms with E-state index in [1.807, 2.05) is 36.0 Å². The number of nitrogens with zero attached hydrogens (tertiary/aromatic N) is 4. The Hall–Kier alpha value is -5.72. The zero-order chi connectivity index (χ0) is 31.3. The van der Waals surface area contributed by atoms with Crippen molar-refractivity contribution in [3.63, 3.8) is 0 Å². The van der Waals surface area contributed by atoms with Crippen molar-refractivity contribution >= 4 is 76.0 Å². The first-order chi connectivity index (χ1) is 23.1. The number of pyridine rings is 2. The highest BCUT2D eigenvalue weighted by Gasteiger charge is 2.39. The highest BCUT2D eigenvalue weighted by atomic mass is 32.1. The van der Waals surface area contributed by atoms with Crippen LogP contribution >= 0.6 is 11.3 Å². The van der Waals surface area contributed by atoms with Gasteiger partial charge in [0.05, 0.1) is 21.6 Å². The van der Waals surface area contributed by atoms with E-state index < -0.39 is 0 Å². The second-order valence-corrected chi connectivity index (χ2v) is 13.8. The summed E-state index contributed by atoms with van der Waals surface area (Å²) in [6.45, 7) is 4.65. The lowest BCUT2D eigenvalue weighted by molar-refractivity contribution is 0.482. The molecule has 224 valence electrons. The Morgan fingerprint density at radius 1 is 0.638 bits per heavy atom. The van der Waals surface area contributed by atoms with Crippen LogP contribution in [0.25, 0.3) is 47.5 Å². The minimum atomic E-state index is -0.241. The van der Waals surface area contributed by atoms with Gasteiger partial charge in [0.2, 0.25) is 0 Å². The van der Waals surface area contributed by atoms with Gasteiger partial charge in [0, 0.05) is 56.3 Å². The van der Waals surface area contributed by atoms with Crippen LogP contribution in [0.2, 0.25) is 0 Å². The predicted molar refractivity (Wildman–Crippen MR) is 194 cm³/mol. The molecule has 0 saturated carbocycles. The largest absolute Gasteiger partial charge is 0.457 e. The van der Waals surface area contributed by atoms with Gasteiger partial charge in [-0.25, -0.2) is 9.97 Å². The molecule has 5 nitrogen and oxygen atoms in total. The molecule has 0 fully saturated rings. The van der Waals surface area contributed by atoms with Gasteiger partial charge in [0.25, 0.3) is 0 Å². The number of aromatic nitrogens is 3. The summed E-state index contributed by atoms with van der Waals surface area (Å²) in [7, 11) is 0. The van der Waals surface area contributed by atoms with Crippen LogP contribution in [0.3, 0.4) is 0 Å². The standard InChI is InChI=1S/C41H28N4OS/c1-41(2)32-18-15-26(46-25-14-16-27-28-9-3-5-11-34(28)44-22-21-43-40(44)31(27)23-25)24-35(32)45(37-13-7-8-20-42-37)38-33(41)19-17-30-29-10-4-6-12-36(29)47-39(30)38/h3-24H,1-2H3. The van der Waals surface area contributed by atoms with Crippen molar-refractivity contribution in [1.29, 1.82) is 0 Å². The molecule has 9 aromatic rings. The molecule has 0 spiro atoms. The minimum absolute atomic E-state index is 0.241. The molecule has 0 aliphatic carbocycles. The van der Waals surface area contributed by atoms with E-state index in [0.717, 1.165) is 44.9 Å². The van der Waals surface area contributed by atoms with Crippen molar-refractivity contribution in [2.24, 2.45) is 0 Å². The Labute approximate surface area is 274 Å². The maximum absolute atomic E-state index is 6.68. The van der Waals surface area contributed by atoms with Crippen molar-refractivity contribution in [1.82, 2.24) is 14.4 Å². The molecule has 5 aromatic carbocycles. The molecule has 0 saturated heterocycles. The average molecular weight is 625 g/mol. The van der Waals surface area contributed by atoms with Crippen LogP contribution in [0, 0.1) is 0 Å². The number of thiophene rings is 1. The Bertz CT molecular complexity index is 2710. The lowest BCUT2D eigenvalue weighted by Crippen LogP contribution is -2.31. The molecule has 5 heterocycles. The van der Waals surface area contributed by atoms with E-state index in [1.165, 1.54) is 42.4 Å². The van der Waals surface area contributed by atoms with Gasteiger partial charge in [0.15, 0.2) is 0 Å². The second kappa shape index (κ2) is 9.64. The Morgan fingerprint density at radius 2 is 1.40 bits per heavy atom. The van der Waals surface area contributed by atoms with Gasteiger partial charge < -0.3 is 4.74 Å². The molecular formula is C41H28N4OS. The number of benzene rings is 5. The van der Waals surface area contributed by atoms with E-state index in [9.17, 15) is 0 Å². The first kappa shape index (κ1) is 26.5. The molecule has 0 atom stereocenters. The van der Waals surface area contributed by atoms with Gasteiger partial charge in [-0.15, -0.1) is 11.3 Å². The topological polar surface area (TPSA) is 42.7 Å². The molecule has 0 N–H and O–H groups in total. The lowest BCUT2D eigenvalue weighted by Gasteiger charge is -2.41. The first-order valence-corrected chi connectivity index (χ1v) is 16.6. The third-order valence-corrected chi connectivity index (χ3v) is 10.9. The number of imidazole rings is 1. The average Bonchev–Trinajstić information content (AvgIpc) is 3.75. The van der Waals surface area contributed by atoms with Crippen LogP contribution < -0.4 is 9.64 Å². The quantitative estimate of drug-likeness (QED) is 0.183. The van der Waals surface area contributed by atoms with Gasteiger partial charge in [-0.1, -0.05) is 74.5 Å². The van der Waals surface area contributed by atoms with Gasteiger partial charge in [-0.05, 0) is 65.0 Å². The molecule has 47 heavy (non-hydrogen) atoms. The molecule has 1 aliphatic heterocycles. The van der Waals surface area contributed by atoms with Crippen molar-refractivity contribution < 1.29 is 4.74 Å². The summed E-state index contributed by atoms with van der Waals surface area (Å²) >= 11 is 1.85. The molecule has 10 rings (SSSR count). The number of anilines is 3. The molecule has 0 unspecified atom stereocenters. The second-order valence-electron chi connectivity index (χ2n) is 12.7. The first-order valence-electron chi connectivity index (χ1n) is 15.8. The maximum Gasteiger partial charge on any atom is 0.145 e. The summed E-state index contributed by atoms with van der Waals surface area (Å²) in [4.78, 5) is 11.9. The fraction of sp³-hybridized carbons (Fsp3) is 0.0732. The zero-order valence-electron chi connectivity index (χ0n) is 25.8. The van der Waals surface area contributed by atoms with Gasteiger partial charge in [-0.2, -0.15) is 0 Å². The zero-order valence-corrected chi connectivity index (χ0v) is 26.6. The normalized spacial score (nSPS) is 13.9. The summed E-state index contributed by atoms with van der Waals surface area (Å²) in [5.41, 5.74) is 6.60. The van der Waals surface area contributed by atoms with E-state index in [4.69, 9.17) is 14.7 Å². The Balaban J connectivity index is 1.16. The summed E-state index contributed by atoms with van der Waals surface area (Å²) in [6.07, 6.45) is 5.75. The molecule has 1 aliphatic rings. The van der Waals surface area contributed by atoms with Crippen LogP contribution in [0.1, 0.15) is 25.0 Å². The Kier molecular flexibility index (Phi) is 5.44. The number of ether oxygens (including phenoxy) is 1. The summed E-state index contributed by atoms with van der Waals surface area (Å²) < 4.78 is 11.4. The fourth-order valence-corrected chi connectivity index (χ4v) is 8.77. The van der Waals surface area contributed by atoms with Crippen molar-refractivity contribution in [3.8, 4) is 11.5 Å². The minimum Gasteiger partial charge on any atom is -0.457 e. The summed E-state index contributed by atoms with van der Waals surface area (Å²) in [5.74, 6) is 2.42. The van der Waals surface area contributed by atoms with Crippen molar-refractivity contribution in [2.75, 3.05) is 4.90 Å². The van der Waals surface area contributed by atoms with Crippen LogP contribution in [-0.4, -0.2) is 14.4 Å². The van der Waals surface area contributed by atoms with E-state index in [2.05, 4.69) is 132 Å². The molecular weight excluding hydrogens is 597 g/mol. The van der Waals surface area contributed by atoms with Gasteiger partial charge in [-0.3, -0.25) is 9.30 Å². The monoisotopic (exact) mass is 624 g/mol. The van der Waals surface area contributed by atoms with E-state index in [0.29, 0.717) is 0 Å².